The lowest BCUT2D eigenvalue weighted by Gasteiger charge is -2.24. The Morgan fingerprint density at radius 1 is 1.23 bits per heavy atom. The van der Waals surface area contributed by atoms with Crippen LogP contribution in [0, 0.1) is 13.8 Å². The Bertz CT molecular complexity index is 637. The standard InChI is InChI=1S/C17H22N4O/c1-12-6-5-7-14(8-12)16(21(3)4)17(22)20-11-15-10-18-13(2)9-19-15/h5-10,16H,11H2,1-4H3,(H,20,22)/t16-/m0/s1. The quantitative estimate of drug-likeness (QED) is 0.917. The van der Waals surface area contributed by atoms with Crippen molar-refractivity contribution in [3.63, 3.8) is 0 Å². The Balaban J connectivity index is 2.08. The van der Waals surface area contributed by atoms with Gasteiger partial charge in [0.1, 0.15) is 6.04 Å². The van der Waals surface area contributed by atoms with Crippen molar-refractivity contribution < 1.29 is 4.79 Å². The molecule has 5 nitrogen and oxygen atoms in total. The number of rotatable bonds is 5. The fourth-order valence-corrected chi connectivity index (χ4v) is 2.31. The molecule has 2 aromatic rings. The molecular weight excluding hydrogens is 276 g/mol. The van der Waals surface area contributed by atoms with Crippen molar-refractivity contribution in [3.05, 3.63) is 59.2 Å². The summed E-state index contributed by atoms with van der Waals surface area (Å²) in [6, 6.07) is 7.69. The highest BCUT2D eigenvalue weighted by Gasteiger charge is 2.22. The van der Waals surface area contributed by atoms with Gasteiger partial charge in [0, 0.05) is 6.20 Å². The van der Waals surface area contributed by atoms with Gasteiger partial charge in [-0.25, -0.2) is 0 Å². The van der Waals surface area contributed by atoms with Crippen LogP contribution in [0.1, 0.15) is 28.6 Å². The smallest absolute Gasteiger partial charge is 0.242 e. The van der Waals surface area contributed by atoms with E-state index in [2.05, 4.69) is 15.3 Å². The van der Waals surface area contributed by atoms with Crippen LogP contribution in [0.2, 0.25) is 0 Å². The minimum atomic E-state index is -0.321. The topological polar surface area (TPSA) is 58.1 Å². The first-order valence-electron chi connectivity index (χ1n) is 7.25. The zero-order valence-corrected chi connectivity index (χ0v) is 13.5. The van der Waals surface area contributed by atoms with Gasteiger partial charge in [0.25, 0.3) is 0 Å². The maximum atomic E-state index is 12.5. The van der Waals surface area contributed by atoms with Gasteiger partial charge >= 0.3 is 0 Å². The molecule has 0 saturated carbocycles. The fraction of sp³-hybridized carbons (Fsp3) is 0.353. The third-order valence-corrected chi connectivity index (χ3v) is 3.40. The van der Waals surface area contributed by atoms with Gasteiger partial charge in [-0.3, -0.25) is 19.7 Å². The van der Waals surface area contributed by atoms with Crippen molar-refractivity contribution in [1.82, 2.24) is 20.2 Å². The minimum Gasteiger partial charge on any atom is -0.349 e. The number of carbonyl (C=O) groups excluding carboxylic acids is 1. The Labute approximate surface area is 131 Å². The van der Waals surface area contributed by atoms with E-state index in [1.807, 2.05) is 57.1 Å². The van der Waals surface area contributed by atoms with E-state index in [0.29, 0.717) is 6.54 Å². The van der Waals surface area contributed by atoms with Gasteiger partial charge in [0.15, 0.2) is 0 Å². The molecule has 0 aliphatic heterocycles. The van der Waals surface area contributed by atoms with Crippen LogP contribution in [0.15, 0.2) is 36.7 Å². The predicted octanol–water partition coefficient (Wildman–Crippen LogP) is 2.01. The van der Waals surface area contributed by atoms with Crippen LogP contribution in [-0.2, 0) is 11.3 Å². The Morgan fingerprint density at radius 2 is 2.00 bits per heavy atom. The molecular formula is C17H22N4O. The van der Waals surface area contributed by atoms with Gasteiger partial charge < -0.3 is 5.32 Å². The van der Waals surface area contributed by atoms with Gasteiger partial charge in [-0.2, -0.15) is 0 Å². The van der Waals surface area contributed by atoms with E-state index in [-0.39, 0.29) is 11.9 Å². The first kappa shape index (κ1) is 16.1. The van der Waals surface area contributed by atoms with Crippen LogP contribution in [0.3, 0.4) is 0 Å². The molecule has 0 unspecified atom stereocenters. The van der Waals surface area contributed by atoms with E-state index in [9.17, 15) is 4.79 Å². The molecule has 22 heavy (non-hydrogen) atoms. The zero-order valence-electron chi connectivity index (χ0n) is 13.5. The summed E-state index contributed by atoms with van der Waals surface area (Å²) in [4.78, 5) is 22.9. The van der Waals surface area contributed by atoms with Crippen LogP contribution in [0.4, 0.5) is 0 Å². The molecule has 0 spiro atoms. The molecule has 2 rings (SSSR count). The monoisotopic (exact) mass is 298 g/mol. The summed E-state index contributed by atoms with van der Waals surface area (Å²) in [7, 11) is 3.80. The summed E-state index contributed by atoms with van der Waals surface area (Å²) < 4.78 is 0. The Morgan fingerprint density at radius 3 is 2.59 bits per heavy atom. The van der Waals surface area contributed by atoms with Crippen molar-refractivity contribution in [2.75, 3.05) is 14.1 Å². The SMILES string of the molecule is Cc1cccc([C@@H](C(=O)NCc2cnc(C)cn2)N(C)C)c1. The number of hydrogen-bond acceptors (Lipinski definition) is 4. The van der Waals surface area contributed by atoms with Gasteiger partial charge in [-0.1, -0.05) is 29.8 Å². The Hall–Kier alpha value is -2.27. The zero-order chi connectivity index (χ0) is 16.1. The number of carbonyl (C=O) groups is 1. The van der Waals surface area contributed by atoms with E-state index >= 15 is 0 Å². The highest BCUT2D eigenvalue weighted by atomic mass is 16.2. The van der Waals surface area contributed by atoms with Crippen molar-refractivity contribution in [2.45, 2.75) is 26.4 Å². The molecule has 1 aromatic carbocycles. The molecule has 0 bridgehead atoms. The van der Waals surface area contributed by atoms with Gasteiger partial charge in [0.05, 0.1) is 24.1 Å². The van der Waals surface area contributed by atoms with Gasteiger partial charge in [-0.15, -0.1) is 0 Å². The average molecular weight is 298 g/mol. The lowest BCUT2D eigenvalue weighted by Crippen LogP contribution is -2.36. The summed E-state index contributed by atoms with van der Waals surface area (Å²) in [5.74, 6) is -0.0435. The number of aryl methyl sites for hydroxylation is 2. The van der Waals surface area contributed by atoms with Crippen LogP contribution in [0.25, 0.3) is 0 Å². The summed E-state index contributed by atoms with van der Waals surface area (Å²) in [5.41, 5.74) is 3.74. The van der Waals surface area contributed by atoms with Crippen molar-refractivity contribution in [3.8, 4) is 0 Å². The van der Waals surface area contributed by atoms with E-state index in [0.717, 1.165) is 22.5 Å². The molecule has 5 heteroatoms. The highest BCUT2D eigenvalue weighted by Crippen LogP contribution is 2.19. The van der Waals surface area contributed by atoms with E-state index in [1.165, 1.54) is 0 Å². The number of nitrogens with zero attached hydrogens (tertiary/aromatic N) is 3. The maximum Gasteiger partial charge on any atom is 0.242 e. The van der Waals surface area contributed by atoms with Crippen molar-refractivity contribution >= 4 is 5.91 Å². The van der Waals surface area contributed by atoms with Crippen LogP contribution < -0.4 is 5.32 Å². The van der Waals surface area contributed by atoms with E-state index in [1.54, 1.807) is 12.4 Å². The predicted molar refractivity (Wildman–Crippen MR) is 86.2 cm³/mol. The third-order valence-electron chi connectivity index (χ3n) is 3.40. The first-order chi connectivity index (χ1) is 10.5. The number of likely N-dealkylation sites (N-methyl/N-ethyl adjacent to an activating group) is 1. The normalized spacial score (nSPS) is 12.2. The molecule has 1 atom stereocenters. The molecule has 0 aliphatic rings. The molecule has 0 radical (unpaired) electrons. The highest BCUT2D eigenvalue weighted by molar-refractivity contribution is 5.83. The number of hydrogen-bond donors (Lipinski definition) is 1. The molecule has 1 aromatic heterocycles. The third kappa shape index (κ3) is 4.11. The first-order valence-corrected chi connectivity index (χ1v) is 7.25. The Kier molecular flexibility index (Phi) is 5.22. The van der Waals surface area contributed by atoms with E-state index in [4.69, 9.17) is 0 Å². The number of benzene rings is 1. The second-order valence-corrected chi connectivity index (χ2v) is 5.65. The van der Waals surface area contributed by atoms with Gasteiger partial charge in [-0.05, 0) is 33.5 Å². The van der Waals surface area contributed by atoms with E-state index < -0.39 is 0 Å². The maximum absolute atomic E-state index is 12.5. The second kappa shape index (κ2) is 7.13. The van der Waals surface area contributed by atoms with Crippen molar-refractivity contribution in [1.29, 1.82) is 0 Å². The van der Waals surface area contributed by atoms with Crippen molar-refractivity contribution in [2.24, 2.45) is 0 Å². The molecule has 0 saturated heterocycles. The minimum absolute atomic E-state index is 0.0435. The summed E-state index contributed by atoms with van der Waals surface area (Å²) in [5, 5.41) is 2.93. The summed E-state index contributed by atoms with van der Waals surface area (Å²) in [6.45, 7) is 4.29. The fourth-order valence-electron chi connectivity index (χ4n) is 2.31. The molecule has 116 valence electrons. The molecule has 1 N–H and O–H groups in total. The number of nitrogens with one attached hydrogen (secondary N) is 1. The lowest BCUT2D eigenvalue weighted by molar-refractivity contribution is -0.126. The average Bonchev–Trinajstić information content (AvgIpc) is 2.46. The van der Waals surface area contributed by atoms with Gasteiger partial charge in [0.2, 0.25) is 5.91 Å². The molecule has 1 heterocycles. The number of amides is 1. The van der Waals surface area contributed by atoms with Crippen LogP contribution in [-0.4, -0.2) is 34.9 Å². The second-order valence-electron chi connectivity index (χ2n) is 5.65. The lowest BCUT2D eigenvalue weighted by atomic mass is 10.0. The number of aromatic nitrogens is 2. The molecule has 0 aliphatic carbocycles. The summed E-state index contributed by atoms with van der Waals surface area (Å²) in [6.07, 6.45) is 3.39. The van der Waals surface area contributed by atoms with Crippen LogP contribution in [0.5, 0.6) is 0 Å². The molecule has 1 amide bonds. The summed E-state index contributed by atoms with van der Waals surface area (Å²) >= 11 is 0. The van der Waals surface area contributed by atoms with Crippen LogP contribution >= 0.6 is 0 Å². The largest absolute Gasteiger partial charge is 0.349 e. The molecule has 0 fully saturated rings.